The molecule has 0 saturated heterocycles. The van der Waals surface area contributed by atoms with E-state index in [1.807, 2.05) is 0 Å². The zero-order valence-corrected chi connectivity index (χ0v) is 9.67. The molecule has 0 radical (unpaired) electrons. The predicted molar refractivity (Wildman–Crippen MR) is 60.2 cm³/mol. The highest BCUT2D eigenvalue weighted by Gasteiger charge is 2.17. The van der Waals surface area contributed by atoms with Crippen molar-refractivity contribution in [2.45, 2.75) is 39.4 Å². The molecule has 1 aliphatic rings. The molecule has 2 heteroatoms. The van der Waals surface area contributed by atoms with Gasteiger partial charge in [0.1, 0.15) is 5.75 Å². The first kappa shape index (κ1) is 10.5. The number of hydrogen-bond donors (Lipinski definition) is 0. The van der Waals surface area contributed by atoms with Gasteiger partial charge in [0.05, 0.1) is 18.8 Å². The topological polar surface area (TPSA) is 18.5 Å². The van der Waals surface area contributed by atoms with Crippen LogP contribution in [0.25, 0.3) is 0 Å². The maximum Gasteiger partial charge on any atom is 0.128 e. The minimum absolute atomic E-state index is 0.0959. The summed E-state index contributed by atoms with van der Waals surface area (Å²) < 4.78 is 11.4. The lowest BCUT2D eigenvalue weighted by Crippen LogP contribution is -2.18. The number of hydrogen-bond acceptors (Lipinski definition) is 2. The molecule has 0 spiro atoms. The molecule has 1 aliphatic heterocycles. The monoisotopic (exact) mass is 206 g/mol. The van der Waals surface area contributed by atoms with Gasteiger partial charge in [0, 0.05) is 12.0 Å². The van der Waals surface area contributed by atoms with Crippen LogP contribution in [0, 0.1) is 0 Å². The van der Waals surface area contributed by atoms with Crippen molar-refractivity contribution in [2.75, 3.05) is 6.61 Å². The van der Waals surface area contributed by atoms with Crippen LogP contribution < -0.4 is 4.74 Å². The standard InChI is InChI=1S/C13H18O2/c1-13(2,3)15-9-11-6-4-5-10-7-8-14-12(10)11/h4-6H,7-9H2,1-3H3. The van der Waals surface area contributed by atoms with Crippen LogP contribution >= 0.6 is 0 Å². The minimum Gasteiger partial charge on any atom is -0.493 e. The summed E-state index contributed by atoms with van der Waals surface area (Å²) in [4.78, 5) is 0. The van der Waals surface area contributed by atoms with Gasteiger partial charge in [-0.15, -0.1) is 0 Å². The fraction of sp³-hybridized carbons (Fsp3) is 0.538. The Bertz CT molecular complexity index is 350. The van der Waals surface area contributed by atoms with E-state index in [1.54, 1.807) is 0 Å². The lowest BCUT2D eigenvalue weighted by Gasteiger charge is -2.20. The third-order valence-electron chi connectivity index (χ3n) is 2.46. The van der Waals surface area contributed by atoms with Gasteiger partial charge in [0.2, 0.25) is 0 Å². The average molecular weight is 206 g/mol. The van der Waals surface area contributed by atoms with Crippen LogP contribution in [0.3, 0.4) is 0 Å². The Morgan fingerprint density at radius 1 is 1.33 bits per heavy atom. The maximum absolute atomic E-state index is 5.76. The summed E-state index contributed by atoms with van der Waals surface area (Å²) in [6.45, 7) is 7.64. The Balaban J connectivity index is 2.12. The van der Waals surface area contributed by atoms with E-state index in [2.05, 4.69) is 39.0 Å². The predicted octanol–water partition coefficient (Wildman–Crippen LogP) is 2.94. The highest BCUT2D eigenvalue weighted by molar-refractivity contribution is 5.43. The van der Waals surface area contributed by atoms with Crippen molar-refractivity contribution in [2.24, 2.45) is 0 Å². The molecule has 2 nitrogen and oxygen atoms in total. The summed E-state index contributed by atoms with van der Waals surface area (Å²) in [6.07, 6.45) is 1.03. The van der Waals surface area contributed by atoms with Crippen LogP contribution in [0.4, 0.5) is 0 Å². The number of ether oxygens (including phenoxy) is 2. The fourth-order valence-corrected chi connectivity index (χ4v) is 1.69. The van der Waals surface area contributed by atoms with E-state index < -0.39 is 0 Å². The molecule has 0 unspecified atom stereocenters. The van der Waals surface area contributed by atoms with E-state index in [0.29, 0.717) is 6.61 Å². The summed E-state index contributed by atoms with van der Waals surface area (Å²) in [7, 11) is 0. The molecule has 15 heavy (non-hydrogen) atoms. The maximum atomic E-state index is 5.76. The van der Waals surface area contributed by atoms with E-state index in [1.165, 1.54) is 11.1 Å². The lowest BCUT2D eigenvalue weighted by atomic mass is 10.1. The van der Waals surface area contributed by atoms with Gasteiger partial charge < -0.3 is 9.47 Å². The smallest absolute Gasteiger partial charge is 0.128 e. The summed E-state index contributed by atoms with van der Waals surface area (Å²) in [5.41, 5.74) is 2.38. The minimum atomic E-state index is -0.0959. The first-order chi connectivity index (χ1) is 7.06. The molecule has 0 aliphatic carbocycles. The normalized spacial score (nSPS) is 14.9. The Kier molecular flexibility index (Phi) is 2.70. The van der Waals surface area contributed by atoms with Crippen molar-refractivity contribution in [1.29, 1.82) is 0 Å². The Labute approximate surface area is 91.2 Å². The van der Waals surface area contributed by atoms with E-state index in [4.69, 9.17) is 9.47 Å². The van der Waals surface area contributed by atoms with Crippen LogP contribution in [0.2, 0.25) is 0 Å². The van der Waals surface area contributed by atoms with Crippen molar-refractivity contribution in [3.63, 3.8) is 0 Å². The summed E-state index contributed by atoms with van der Waals surface area (Å²) in [5.74, 6) is 1.04. The highest BCUT2D eigenvalue weighted by Crippen LogP contribution is 2.30. The van der Waals surface area contributed by atoms with Gasteiger partial charge in [-0.3, -0.25) is 0 Å². The lowest BCUT2D eigenvalue weighted by molar-refractivity contribution is -0.0156. The average Bonchev–Trinajstić information content (AvgIpc) is 2.61. The van der Waals surface area contributed by atoms with Gasteiger partial charge in [0.15, 0.2) is 0 Å². The van der Waals surface area contributed by atoms with Gasteiger partial charge in [-0.25, -0.2) is 0 Å². The molecular weight excluding hydrogens is 188 g/mol. The number of benzene rings is 1. The van der Waals surface area contributed by atoms with Crippen molar-refractivity contribution in [1.82, 2.24) is 0 Å². The second-order valence-electron chi connectivity index (χ2n) is 4.90. The molecular formula is C13H18O2. The SMILES string of the molecule is CC(C)(C)OCc1cccc2c1OCC2. The first-order valence-corrected chi connectivity index (χ1v) is 5.44. The van der Waals surface area contributed by atoms with Gasteiger partial charge in [-0.05, 0) is 26.3 Å². The molecule has 0 fully saturated rings. The molecule has 0 amide bonds. The molecule has 1 aromatic carbocycles. The molecule has 0 saturated carbocycles. The quantitative estimate of drug-likeness (QED) is 0.740. The molecule has 0 atom stereocenters. The summed E-state index contributed by atoms with van der Waals surface area (Å²) in [5, 5.41) is 0. The molecule has 1 aromatic rings. The van der Waals surface area contributed by atoms with Crippen LogP contribution in [0.15, 0.2) is 18.2 Å². The van der Waals surface area contributed by atoms with E-state index in [9.17, 15) is 0 Å². The molecule has 1 heterocycles. The van der Waals surface area contributed by atoms with E-state index in [0.717, 1.165) is 18.8 Å². The second kappa shape index (κ2) is 3.86. The Morgan fingerprint density at radius 2 is 2.13 bits per heavy atom. The van der Waals surface area contributed by atoms with Crippen LogP contribution in [0.1, 0.15) is 31.9 Å². The van der Waals surface area contributed by atoms with Crippen molar-refractivity contribution in [3.05, 3.63) is 29.3 Å². The number of rotatable bonds is 2. The van der Waals surface area contributed by atoms with Gasteiger partial charge in [-0.2, -0.15) is 0 Å². The molecule has 0 bridgehead atoms. The van der Waals surface area contributed by atoms with Crippen molar-refractivity contribution >= 4 is 0 Å². The fourth-order valence-electron chi connectivity index (χ4n) is 1.69. The molecule has 0 aromatic heterocycles. The second-order valence-corrected chi connectivity index (χ2v) is 4.90. The highest BCUT2D eigenvalue weighted by atomic mass is 16.5. The molecule has 82 valence electrons. The van der Waals surface area contributed by atoms with Crippen LogP contribution in [-0.4, -0.2) is 12.2 Å². The van der Waals surface area contributed by atoms with Gasteiger partial charge >= 0.3 is 0 Å². The molecule has 0 N–H and O–H groups in total. The van der Waals surface area contributed by atoms with Crippen molar-refractivity contribution < 1.29 is 9.47 Å². The molecule has 2 rings (SSSR count). The van der Waals surface area contributed by atoms with Crippen LogP contribution in [-0.2, 0) is 17.8 Å². The Morgan fingerprint density at radius 3 is 2.87 bits per heavy atom. The van der Waals surface area contributed by atoms with Gasteiger partial charge in [0.25, 0.3) is 0 Å². The van der Waals surface area contributed by atoms with E-state index in [-0.39, 0.29) is 5.60 Å². The summed E-state index contributed by atoms with van der Waals surface area (Å²) in [6, 6.07) is 6.29. The van der Waals surface area contributed by atoms with Gasteiger partial charge in [-0.1, -0.05) is 18.2 Å². The number of para-hydroxylation sites is 1. The zero-order chi connectivity index (χ0) is 10.9. The first-order valence-electron chi connectivity index (χ1n) is 5.44. The number of fused-ring (bicyclic) bond motifs is 1. The zero-order valence-electron chi connectivity index (χ0n) is 9.67. The Hall–Kier alpha value is -1.02. The van der Waals surface area contributed by atoms with Crippen molar-refractivity contribution in [3.8, 4) is 5.75 Å². The largest absolute Gasteiger partial charge is 0.493 e. The third kappa shape index (κ3) is 2.51. The van der Waals surface area contributed by atoms with E-state index >= 15 is 0 Å². The van der Waals surface area contributed by atoms with Crippen LogP contribution in [0.5, 0.6) is 5.75 Å². The summed E-state index contributed by atoms with van der Waals surface area (Å²) >= 11 is 0. The third-order valence-corrected chi connectivity index (χ3v) is 2.46.